The van der Waals surface area contributed by atoms with E-state index in [4.69, 9.17) is 5.73 Å². The number of nitrogens with two attached hydrogens (primary N) is 1. The first-order valence-electron chi connectivity index (χ1n) is 5.18. The number of aliphatic hydroxyl groups is 1. The molecule has 15 heavy (non-hydrogen) atoms. The molecular weight excluding hydrogens is 256 g/mol. The van der Waals surface area contributed by atoms with Gasteiger partial charge in [0.25, 0.3) is 0 Å². The largest absolute Gasteiger partial charge is 0.393 e. The zero-order chi connectivity index (χ0) is 10.9. The summed E-state index contributed by atoms with van der Waals surface area (Å²) in [5, 5.41) is 9.46. The Kier molecular flexibility index (Phi) is 3.09. The maximum atomic E-state index is 9.46. The molecule has 4 heteroatoms. The molecule has 1 fully saturated rings. The first-order chi connectivity index (χ1) is 7.10. The minimum atomic E-state index is -0.310. The minimum absolute atomic E-state index is 0.179. The van der Waals surface area contributed by atoms with E-state index in [-0.39, 0.29) is 11.6 Å². The van der Waals surface area contributed by atoms with Crippen molar-refractivity contribution < 1.29 is 5.11 Å². The first-order valence-corrected chi connectivity index (χ1v) is 5.97. The summed E-state index contributed by atoms with van der Waals surface area (Å²) in [5.41, 5.74) is 7.09. The molecule has 0 radical (unpaired) electrons. The van der Waals surface area contributed by atoms with Crippen LogP contribution in [0.3, 0.4) is 0 Å². The summed E-state index contributed by atoms with van der Waals surface area (Å²) in [4.78, 5) is 4.13. The average molecular weight is 271 g/mol. The van der Waals surface area contributed by atoms with Gasteiger partial charge in [0.2, 0.25) is 0 Å². The Bertz CT molecular complexity index is 348. The quantitative estimate of drug-likeness (QED) is 0.820. The molecule has 1 saturated carbocycles. The van der Waals surface area contributed by atoms with E-state index in [1.807, 2.05) is 12.3 Å². The van der Waals surface area contributed by atoms with Gasteiger partial charge in [0, 0.05) is 22.4 Å². The summed E-state index contributed by atoms with van der Waals surface area (Å²) in [6.45, 7) is 0. The van der Waals surface area contributed by atoms with Gasteiger partial charge in [-0.2, -0.15) is 0 Å². The predicted molar refractivity (Wildman–Crippen MR) is 62.3 cm³/mol. The molecule has 3 N–H and O–H groups in total. The van der Waals surface area contributed by atoms with Crippen LogP contribution in [0, 0.1) is 0 Å². The van der Waals surface area contributed by atoms with Gasteiger partial charge in [-0.05, 0) is 53.2 Å². The normalized spacial score (nSPS) is 31.5. The highest BCUT2D eigenvalue weighted by Crippen LogP contribution is 2.35. The first kappa shape index (κ1) is 11.0. The van der Waals surface area contributed by atoms with Crippen LogP contribution in [0.4, 0.5) is 0 Å². The number of aromatic nitrogens is 1. The molecule has 3 nitrogen and oxygen atoms in total. The lowest BCUT2D eigenvalue weighted by atomic mass is 9.77. The Morgan fingerprint density at radius 3 is 2.67 bits per heavy atom. The van der Waals surface area contributed by atoms with Crippen molar-refractivity contribution in [3.63, 3.8) is 0 Å². The second-order valence-electron chi connectivity index (χ2n) is 4.28. The molecule has 0 atom stereocenters. The summed E-state index contributed by atoms with van der Waals surface area (Å²) in [6, 6.07) is 2.02. The molecule has 0 aromatic carbocycles. The van der Waals surface area contributed by atoms with E-state index in [0.717, 1.165) is 35.7 Å². The topological polar surface area (TPSA) is 59.1 Å². The molecule has 1 aliphatic carbocycles. The second-order valence-corrected chi connectivity index (χ2v) is 5.19. The smallest absolute Gasteiger partial charge is 0.0541 e. The number of pyridine rings is 1. The summed E-state index contributed by atoms with van der Waals surface area (Å²) in [5.74, 6) is 0. The number of rotatable bonds is 1. The molecule has 2 rings (SSSR count). The van der Waals surface area contributed by atoms with Gasteiger partial charge >= 0.3 is 0 Å². The van der Waals surface area contributed by atoms with Crippen molar-refractivity contribution in [2.24, 2.45) is 5.73 Å². The van der Waals surface area contributed by atoms with Crippen LogP contribution >= 0.6 is 15.9 Å². The van der Waals surface area contributed by atoms with E-state index >= 15 is 0 Å². The molecular formula is C11H15BrN2O. The zero-order valence-corrected chi connectivity index (χ0v) is 10.1. The Balaban J connectivity index is 2.22. The van der Waals surface area contributed by atoms with Crippen LogP contribution in [0.15, 0.2) is 22.9 Å². The van der Waals surface area contributed by atoms with Crippen LogP contribution in [0.2, 0.25) is 0 Å². The van der Waals surface area contributed by atoms with E-state index < -0.39 is 0 Å². The summed E-state index contributed by atoms with van der Waals surface area (Å²) in [7, 11) is 0. The molecule has 1 aromatic rings. The fourth-order valence-corrected chi connectivity index (χ4v) is 2.46. The van der Waals surface area contributed by atoms with Crippen molar-refractivity contribution >= 4 is 15.9 Å². The van der Waals surface area contributed by atoms with Crippen molar-refractivity contribution in [3.05, 3.63) is 28.5 Å². The Morgan fingerprint density at radius 2 is 2.07 bits per heavy atom. The maximum absolute atomic E-state index is 9.46. The molecule has 0 aliphatic heterocycles. The maximum Gasteiger partial charge on any atom is 0.0541 e. The van der Waals surface area contributed by atoms with Gasteiger partial charge in [0.1, 0.15) is 0 Å². The van der Waals surface area contributed by atoms with Gasteiger partial charge in [-0.3, -0.25) is 4.98 Å². The average Bonchev–Trinajstić information content (AvgIpc) is 2.23. The van der Waals surface area contributed by atoms with Crippen LogP contribution < -0.4 is 5.73 Å². The van der Waals surface area contributed by atoms with Gasteiger partial charge in [-0.15, -0.1) is 0 Å². The molecule has 1 aromatic heterocycles. The van der Waals surface area contributed by atoms with Gasteiger partial charge in [0.05, 0.1) is 6.10 Å². The summed E-state index contributed by atoms with van der Waals surface area (Å²) in [6.07, 6.45) is 6.61. The van der Waals surface area contributed by atoms with E-state index in [1.54, 1.807) is 6.20 Å². The fourth-order valence-electron chi connectivity index (χ4n) is 2.09. The van der Waals surface area contributed by atoms with E-state index in [0.29, 0.717) is 0 Å². The predicted octanol–water partition coefficient (Wildman–Crippen LogP) is 1.93. The van der Waals surface area contributed by atoms with Crippen molar-refractivity contribution in [1.82, 2.24) is 4.98 Å². The zero-order valence-electron chi connectivity index (χ0n) is 8.49. The third-order valence-corrected chi connectivity index (χ3v) is 3.56. The van der Waals surface area contributed by atoms with Gasteiger partial charge in [0.15, 0.2) is 0 Å². The summed E-state index contributed by atoms with van der Waals surface area (Å²) >= 11 is 3.40. The fraction of sp³-hybridized carbons (Fsp3) is 0.545. The third-order valence-electron chi connectivity index (χ3n) is 3.13. The van der Waals surface area contributed by atoms with Gasteiger partial charge in [-0.25, -0.2) is 0 Å². The van der Waals surface area contributed by atoms with Crippen LogP contribution in [0.25, 0.3) is 0 Å². The molecule has 0 unspecified atom stereocenters. The molecule has 0 spiro atoms. The van der Waals surface area contributed by atoms with Crippen LogP contribution in [-0.4, -0.2) is 16.2 Å². The lowest BCUT2D eigenvalue weighted by molar-refractivity contribution is 0.0968. The van der Waals surface area contributed by atoms with E-state index in [1.165, 1.54) is 0 Å². The lowest BCUT2D eigenvalue weighted by Gasteiger charge is -2.35. The molecule has 0 bridgehead atoms. The lowest BCUT2D eigenvalue weighted by Crippen LogP contribution is -2.41. The van der Waals surface area contributed by atoms with Crippen molar-refractivity contribution in [3.8, 4) is 0 Å². The number of nitrogens with zero attached hydrogens (tertiary/aromatic N) is 1. The van der Waals surface area contributed by atoms with Crippen molar-refractivity contribution in [1.29, 1.82) is 0 Å². The SMILES string of the molecule is NC1(c2cncc(Br)c2)CCC(O)CC1. The molecule has 82 valence electrons. The minimum Gasteiger partial charge on any atom is -0.393 e. The molecule has 0 saturated heterocycles. The number of hydrogen-bond acceptors (Lipinski definition) is 3. The number of aliphatic hydroxyl groups excluding tert-OH is 1. The molecule has 1 heterocycles. The van der Waals surface area contributed by atoms with Crippen LogP contribution in [-0.2, 0) is 5.54 Å². The van der Waals surface area contributed by atoms with Crippen molar-refractivity contribution in [2.45, 2.75) is 37.3 Å². The number of hydrogen-bond donors (Lipinski definition) is 2. The molecule has 1 aliphatic rings. The monoisotopic (exact) mass is 270 g/mol. The van der Waals surface area contributed by atoms with Gasteiger partial charge < -0.3 is 10.8 Å². The van der Waals surface area contributed by atoms with E-state index in [9.17, 15) is 5.11 Å². The highest BCUT2D eigenvalue weighted by atomic mass is 79.9. The van der Waals surface area contributed by atoms with Crippen molar-refractivity contribution in [2.75, 3.05) is 0 Å². The Labute approximate surface area is 97.8 Å². The Hall–Kier alpha value is -0.450. The highest BCUT2D eigenvalue weighted by Gasteiger charge is 2.32. The van der Waals surface area contributed by atoms with Crippen LogP contribution in [0.5, 0.6) is 0 Å². The standard InChI is InChI=1S/C11H15BrN2O/c12-9-5-8(6-14-7-9)11(13)3-1-10(15)2-4-11/h5-7,10,15H,1-4,13H2. The van der Waals surface area contributed by atoms with E-state index in [2.05, 4.69) is 20.9 Å². The molecule has 0 amide bonds. The van der Waals surface area contributed by atoms with Crippen LogP contribution in [0.1, 0.15) is 31.2 Å². The Morgan fingerprint density at radius 1 is 1.40 bits per heavy atom. The third kappa shape index (κ3) is 2.38. The number of halogens is 1. The second kappa shape index (κ2) is 4.20. The summed E-state index contributed by atoms with van der Waals surface area (Å²) < 4.78 is 0.955. The van der Waals surface area contributed by atoms with Gasteiger partial charge in [-0.1, -0.05) is 0 Å². The highest BCUT2D eigenvalue weighted by molar-refractivity contribution is 9.10.